The van der Waals surface area contributed by atoms with Crippen LogP contribution in [0.5, 0.6) is 0 Å². The van der Waals surface area contributed by atoms with Crippen molar-refractivity contribution in [3.8, 4) is 11.5 Å². The zero-order valence-electron chi connectivity index (χ0n) is 22.0. The fraction of sp³-hybridized carbons (Fsp3) is 0.556. The molecule has 0 aromatic heterocycles. The summed E-state index contributed by atoms with van der Waals surface area (Å²) in [5.74, 6) is 0.740. The van der Waals surface area contributed by atoms with Gasteiger partial charge in [0.15, 0.2) is 24.4 Å². The second-order valence-corrected chi connectivity index (χ2v) is 8.34. The van der Waals surface area contributed by atoms with E-state index in [0.29, 0.717) is 65.9 Å². The van der Waals surface area contributed by atoms with Gasteiger partial charge in [-0.2, -0.15) is 0 Å². The van der Waals surface area contributed by atoms with E-state index in [1.807, 2.05) is 18.2 Å². The molecule has 0 amide bonds. The summed E-state index contributed by atoms with van der Waals surface area (Å²) in [4.78, 5) is 4.83. The van der Waals surface area contributed by atoms with Gasteiger partial charge >= 0.3 is 0 Å². The lowest BCUT2D eigenvalue weighted by molar-refractivity contribution is 0.0239. The molecular weight excluding hydrogens is 462 g/mol. The zero-order chi connectivity index (χ0) is 25.6. The fourth-order valence-electron chi connectivity index (χ4n) is 3.77. The summed E-state index contributed by atoms with van der Waals surface area (Å²) in [5.41, 5.74) is 4.63. The van der Waals surface area contributed by atoms with E-state index in [1.54, 1.807) is 14.2 Å². The van der Waals surface area contributed by atoms with Crippen molar-refractivity contribution >= 4 is 16.8 Å². The minimum Gasteiger partial charge on any atom is -0.452 e. The predicted octanol–water partition coefficient (Wildman–Crippen LogP) is 2.79. The van der Waals surface area contributed by atoms with Gasteiger partial charge in [-0.15, -0.1) is 0 Å². The Balaban J connectivity index is 1.79. The largest absolute Gasteiger partial charge is 0.452 e. The first-order chi connectivity index (χ1) is 17.7. The Morgan fingerprint density at radius 1 is 0.833 bits per heavy atom. The summed E-state index contributed by atoms with van der Waals surface area (Å²) in [6.45, 7) is 11.0. The number of methoxy groups -OCH3 is 2. The SMILES string of the molecule is CCNc1cc2oc3cc(=[N+](CCOCCOC)CCOCCOCCOC)ccc-3nc2cc1C. The van der Waals surface area contributed by atoms with E-state index in [-0.39, 0.29) is 0 Å². The topological polar surface area (TPSA) is 87.2 Å². The summed E-state index contributed by atoms with van der Waals surface area (Å²) in [5, 5.41) is 4.41. The van der Waals surface area contributed by atoms with E-state index in [4.69, 9.17) is 33.1 Å². The number of anilines is 1. The Morgan fingerprint density at radius 3 is 2.11 bits per heavy atom. The van der Waals surface area contributed by atoms with Crippen molar-refractivity contribution in [2.24, 2.45) is 0 Å². The van der Waals surface area contributed by atoms with Crippen LogP contribution < -0.4 is 15.2 Å². The minimum absolute atomic E-state index is 0.540. The summed E-state index contributed by atoms with van der Waals surface area (Å²) in [7, 11) is 3.33. The third kappa shape index (κ3) is 8.53. The number of rotatable bonds is 17. The number of hydrogen-bond acceptors (Lipinski definition) is 8. The molecule has 0 unspecified atom stereocenters. The van der Waals surface area contributed by atoms with Crippen LogP contribution in [0.3, 0.4) is 0 Å². The number of nitrogens with zero attached hydrogens (tertiary/aromatic N) is 2. The molecular formula is C27H40N3O6+. The summed E-state index contributed by atoms with van der Waals surface area (Å²) in [6.07, 6.45) is 0. The van der Waals surface area contributed by atoms with Gasteiger partial charge in [0.2, 0.25) is 5.36 Å². The molecule has 1 aliphatic carbocycles. The Morgan fingerprint density at radius 2 is 1.47 bits per heavy atom. The first-order valence-electron chi connectivity index (χ1n) is 12.5. The average molecular weight is 503 g/mol. The maximum Gasteiger partial charge on any atom is 0.203 e. The standard InChI is InChI=1S/C27H39N3O6/c1-5-28-24-20-27-25(18-21(24)2)29-23-7-6-22(19-26(23)36-27)30(8-10-33-14-12-31-3)9-11-34-16-17-35-15-13-32-4/h6-7,18-20H,5,8-17H2,1-4H3/p+1. The van der Waals surface area contributed by atoms with Crippen molar-refractivity contribution in [2.45, 2.75) is 13.8 Å². The molecule has 36 heavy (non-hydrogen) atoms. The summed E-state index contributed by atoms with van der Waals surface area (Å²) < 4.78 is 35.6. The van der Waals surface area contributed by atoms with Crippen molar-refractivity contribution in [3.63, 3.8) is 0 Å². The predicted molar refractivity (Wildman–Crippen MR) is 141 cm³/mol. The van der Waals surface area contributed by atoms with Gasteiger partial charge in [-0.1, -0.05) is 0 Å². The number of ether oxygens (including phenoxy) is 5. The lowest BCUT2D eigenvalue weighted by atomic mass is 10.1. The van der Waals surface area contributed by atoms with Gasteiger partial charge in [0.1, 0.15) is 24.4 Å². The van der Waals surface area contributed by atoms with Crippen molar-refractivity contribution in [2.75, 3.05) is 92.0 Å². The van der Waals surface area contributed by atoms with E-state index in [0.717, 1.165) is 45.7 Å². The molecule has 1 aromatic rings. The van der Waals surface area contributed by atoms with E-state index >= 15 is 0 Å². The molecule has 2 aliphatic rings. The van der Waals surface area contributed by atoms with Crippen LogP contribution in [0.4, 0.5) is 5.69 Å². The maximum atomic E-state index is 6.29. The van der Waals surface area contributed by atoms with Gasteiger partial charge in [-0.25, -0.2) is 9.56 Å². The highest BCUT2D eigenvalue weighted by molar-refractivity contribution is 5.81. The fourth-order valence-corrected chi connectivity index (χ4v) is 3.77. The van der Waals surface area contributed by atoms with Crippen molar-refractivity contribution in [1.29, 1.82) is 0 Å². The Hall–Kier alpha value is -2.56. The molecule has 0 saturated heterocycles. The third-order valence-electron chi connectivity index (χ3n) is 5.69. The first-order valence-corrected chi connectivity index (χ1v) is 12.5. The van der Waals surface area contributed by atoms with Crippen LogP contribution in [0.1, 0.15) is 12.5 Å². The Bertz CT molecular complexity index is 1100. The number of nitrogens with one attached hydrogen (secondary N) is 1. The quantitative estimate of drug-likeness (QED) is 0.171. The second-order valence-electron chi connectivity index (χ2n) is 8.34. The van der Waals surface area contributed by atoms with Crippen LogP contribution in [0, 0.1) is 6.92 Å². The zero-order valence-corrected chi connectivity index (χ0v) is 22.0. The molecule has 1 N–H and O–H groups in total. The molecule has 198 valence electrons. The highest BCUT2D eigenvalue weighted by Gasteiger charge is 2.14. The van der Waals surface area contributed by atoms with E-state index in [9.17, 15) is 0 Å². The molecule has 0 fully saturated rings. The van der Waals surface area contributed by atoms with Gasteiger partial charge < -0.3 is 33.4 Å². The van der Waals surface area contributed by atoms with Crippen LogP contribution >= 0.6 is 0 Å². The van der Waals surface area contributed by atoms with E-state index < -0.39 is 0 Å². The van der Waals surface area contributed by atoms with Crippen molar-refractivity contribution in [3.05, 3.63) is 41.3 Å². The summed E-state index contributed by atoms with van der Waals surface area (Å²) >= 11 is 0. The van der Waals surface area contributed by atoms with Gasteiger partial charge in [0, 0.05) is 38.6 Å². The lowest BCUT2D eigenvalue weighted by Crippen LogP contribution is -2.36. The smallest absolute Gasteiger partial charge is 0.203 e. The molecule has 9 heteroatoms. The Kier molecular flexibility index (Phi) is 12.1. The molecule has 0 spiro atoms. The molecule has 1 heterocycles. The van der Waals surface area contributed by atoms with Gasteiger partial charge in [-0.05, 0) is 31.5 Å². The number of aromatic nitrogens is 1. The highest BCUT2D eigenvalue weighted by Crippen LogP contribution is 2.27. The molecule has 1 aromatic carbocycles. The highest BCUT2D eigenvalue weighted by atomic mass is 16.5. The van der Waals surface area contributed by atoms with Crippen molar-refractivity contribution in [1.82, 2.24) is 9.56 Å². The normalized spacial score (nSPS) is 12.4. The number of aryl methyl sites for hydroxylation is 1. The number of fused-ring (bicyclic) bond motifs is 2. The minimum atomic E-state index is 0.540. The van der Waals surface area contributed by atoms with Crippen LogP contribution in [0.2, 0.25) is 0 Å². The molecule has 0 saturated carbocycles. The lowest BCUT2D eigenvalue weighted by Gasteiger charge is -2.11. The van der Waals surface area contributed by atoms with Crippen LogP contribution in [-0.2, 0) is 23.7 Å². The van der Waals surface area contributed by atoms with Crippen LogP contribution in [-0.4, -0.2) is 91.7 Å². The second kappa shape index (κ2) is 15.5. The van der Waals surface area contributed by atoms with Gasteiger partial charge in [0.25, 0.3) is 0 Å². The average Bonchev–Trinajstić information content (AvgIpc) is 2.88. The molecule has 0 bridgehead atoms. The maximum absolute atomic E-state index is 6.29. The van der Waals surface area contributed by atoms with Crippen molar-refractivity contribution < 1.29 is 28.1 Å². The molecule has 0 radical (unpaired) electrons. The van der Waals surface area contributed by atoms with Gasteiger partial charge in [0.05, 0.1) is 45.7 Å². The first kappa shape index (κ1) is 28.0. The monoisotopic (exact) mass is 502 g/mol. The molecule has 0 atom stereocenters. The number of benzene rings is 2. The van der Waals surface area contributed by atoms with Crippen LogP contribution in [0.25, 0.3) is 22.6 Å². The molecule has 1 aliphatic heterocycles. The van der Waals surface area contributed by atoms with Gasteiger partial charge in [-0.3, -0.25) is 0 Å². The molecule has 9 nitrogen and oxygen atoms in total. The third-order valence-corrected chi connectivity index (χ3v) is 5.69. The summed E-state index contributed by atoms with van der Waals surface area (Å²) in [6, 6.07) is 10.2. The molecule has 3 rings (SSSR count). The number of hydrogen-bond donors (Lipinski definition) is 1. The van der Waals surface area contributed by atoms with Crippen LogP contribution in [0.15, 0.2) is 34.7 Å². The Labute approximate surface area is 213 Å². The van der Waals surface area contributed by atoms with E-state index in [1.165, 1.54) is 0 Å². The van der Waals surface area contributed by atoms with E-state index in [2.05, 4.69) is 35.9 Å².